The van der Waals surface area contributed by atoms with E-state index in [0.29, 0.717) is 5.75 Å². The summed E-state index contributed by atoms with van der Waals surface area (Å²) in [4.78, 5) is 25.1. The number of benzene rings is 2. The lowest BCUT2D eigenvalue weighted by Crippen LogP contribution is -2.32. The number of para-hydroxylation sites is 1. The Labute approximate surface area is 156 Å². The minimum atomic E-state index is -0.744. The molecule has 2 aromatic carbocycles. The first-order chi connectivity index (χ1) is 12.4. The maximum atomic E-state index is 13.9. The Kier molecular flexibility index (Phi) is 3.95. The van der Waals surface area contributed by atoms with Crippen LogP contribution in [0.1, 0.15) is 18.0 Å². The molecule has 26 heavy (non-hydrogen) atoms. The van der Waals surface area contributed by atoms with Gasteiger partial charge in [0, 0.05) is 11.5 Å². The van der Waals surface area contributed by atoms with Gasteiger partial charge in [0.05, 0.1) is 28.6 Å². The number of carbonyl (C=O) groups is 1. The monoisotopic (exact) mass is 420 g/mol. The molecule has 0 N–H and O–H groups in total. The molecule has 2 aromatic rings. The van der Waals surface area contributed by atoms with Gasteiger partial charge in [-0.25, -0.2) is 4.39 Å². The molecule has 0 unspecified atom stereocenters. The number of piperidine rings is 1. The van der Waals surface area contributed by atoms with Crippen molar-refractivity contribution < 1.29 is 18.8 Å². The molecule has 2 fully saturated rings. The molecule has 0 spiro atoms. The predicted octanol–water partition coefficient (Wildman–Crippen LogP) is 4.23. The van der Waals surface area contributed by atoms with E-state index in [4.69, 9.17) is 4.74 Å². The van der Waals surface area contributed by atoms with Crippen molar-refractivity contribution in [2.24, 2.45) is 11.8 Å². The number of hydrogen-bond acceptors (Lipinski definition) is 4. The number of methoxy groups -OCH3 is 1. The Balaban J connectivity index is 1.89. The number of fused-ring (bicyclic) bond motifs is 1. The first kappa shape index (κ1) is 17.0. The van der Waals surface area contributed by atoms with Crippen molar-refractivity contribution in [2.75, 3.05) is 12.0 Å². The van der Waals surface area contributed by atoms with Crippen LogP contribution in [0.25, 0.3) is 0 Å². The molecule has 1 aliphatic heterocycles. The number of rotatable bonds is 4. The SMILES string of the molecule is COc1ccccc1[C@H]1[C@H]2C[C@H]2C(=O)N1c1cc(Br)c(F)cc1[N+](=O)[O-]. The summed E-state index contributed by atoms with van der Waals surface area (Å²) >= 11 is 3.07. The number of nitro benzene ring substituents is 1. The average Bonchev–Trinajstić information content (AvgIpc) is 3.36. The summed E-state index contributed by atoms with van der Waals surface area (Å²) < 4.78 is 19.4. The van der Waals surface area contributed by atoms with E-state index in [1.807, 2.05) is 18.2 Å². The van der Waals surface area contributed by atoms with Crippen molar-refractivity contribution >= 4 is 33.2 Å². The second-order valence-electron chi connectivity index (χ2n) is 6.41. The van der Waals surface area contributed by atoms with Crippen LogP contribution in [-0.2, 0) is 4.79 Å². The van der Waals surface area contributed by atoms with Gasteiger partial charge in [-0.05, 0) is 40.4 Å². The molecule has 1 saturated heterocycles. The zero-order valence-electron chi connectivity index (χ0n) is 13.7. The maximum Gasteiger partial charge on any atom is 0.295 e. The highest BCUT2D eigenvalue weighted by Crippen LogP contribution is 2.60. The fraction of sp³-hybridized carbons (Fsp3) is 0.278. The van der Waals surface area contributed by atoms with E-state index in [1.165, 1.54) is 11.0 Å². The highest BCUT2D eigenvalue weighted by Gasteiger charge is 2.60. The van der Waals surface area contributed by atoms with Gasteiger partial charge in [-0.3, -0.25) is 19.8 Å². The lowest BCUT2D eigenvalue weighted by molar-refractivity contribution is -0.384. The first-order valence-electron chi connectivity index (χ1n) is 8.03. The maximum absolute atomic E-state index is 13.9. The lowest BCUT2D eigenvalue weighted by Gasteiger charge is -2.29. The van der Waals surface area contributed by atoms with Crippen LogP contribution in [-0.4, -0.2) is 17.9 Å². The van der Waals surface area contributed by atoms with E-state index in [2.05, 4.69) is 15.9 Å². The summed E-state index contributed by atoms with van der Waals surface area (Å²) in [6.07, 6.45) is 0.744. The standard InChI is InChI=1S/C18H14BrFN2O4/c1-26-16-5-3-2-4-9(16)17-10-6-11(10)18(23)21(17)14-7-12(19)13(20)8-15(14)22(24)25/h2-5,7-8,10-11,17H,6H2,1H3/t10-,11+,17-/m0/s1. The van der Waals surface area contributed by atoms with Crippen LogP contribution in [0.4, 0.5) is 15.8 Å². The van der Waals surface area contributed by atoms with Crippen molar-refractivity contribution in [3.63, 3.8) is 0 Å². The van der Waals surface area contributed by atoms with E-state index in [9.17, 15) is 19.3 Å². The number of carbonyl (C=O) groups excluding carboxylic acids is 1. The van der Waals surface area contributed by atoms with Crippen LogP contribution in [0.5, 0.6) is 5.75 Å². The van der Waals surface area contributed by atoms with E-state index >= 15 is 0 Å². The summed E-state index contributed by atoms with van der Waals surface area (Å²) in [7, 11) is 1.54. The summed E-state index contributed by atoms with van der Waals surface area (Å²) in [6, 6.07) is 9.09. The van der Waals surface area contributed by atoms with Gasteiger partial charge in [0.25, 0.3) is 5.69 Å². The Hall–Kier alpha value is -2.48. The van der Waals surface area contributed by atoms with Gasteiger partial charge in [0.1, 0.15) is 17.3 Å². The molecule has 4 rings (SSSR count). The summed E-state index contributed by atoms with van der Waals surface area (Å²) in [5.41, 5.74) is 0.458. The third-order valence-electron chi connectivity index (χ3n) is 5.01. The van der Waals surface area contributed by atoms with Crippen molar-refractivity contribution in [3.8, 4) is 5.75 Å². The number of halogens is 2. The topological polar surface area (TPSA) is 72.7 Å². The second kappa shape index (κ2) is 6.05. The Morgan fingerprint density at radius 2 is 2.08 bits per heavy atom. The summed E-state index contributed by atoms with van der Waals surface area (Å²) in [5, 5.41) is 11.5. The predicted molar refractivity (Wildman–Crippen MR) is 95.6 cm³/mol. The third kappa shape index (κ3) is 2.47. The van der Waals surface area contributed by atoms with Crippen molar-refractivity contribution in [3.05, 3.63) is 62.4 Å². The molecule has 6 nitrogen and oxygen atoms in total. The number of nitro groups is 1. The second-order valence-corrected chi connectivity index (χ2v) is 7.27. The average molecular weight is 421 g/mol. The molecule has 2 aliphatic rings. The molecule has 0 bridgehead atoms. The van der Waals surface area contributed by atoms with Gasteiger partial charge in [0.15, 0.2) is 0 Å². The van der Waals surface area contributed by atoms with E-state index < -0.39 is 16.4 Å². The fourth-order valence-electron chi connectivity index (χ4n) is 3.77. The lowest BCUT2D eigenvalue weighted by atomic mass is 10.0. The molecule has 1 aliphatic carbocycles. The van der Waals surface area contributed by atoms with E-state index in [1.54, 1.807) is 13.2 Å². The molecular formula is C18H14BrFN2O4. The van der Waals surface area contributed by atoms with Crippen LogP contribution >= 0.6 is 15.9 Å². The van der Waals surface area contributed by atoms with Gasteiger partial charge in [0.2, 0.25) is 5.91 Å². The minimum Gasteiger partial charge on any atom is -0.496 e. The quantitative estimate of drug-likeness (QED) is 0.547. The molecule has 0 radical (unpaired) electrons. The molecule has 3 atom stereocenters. The van der Waals surface area contributed by atoms with Gasteiger partial charge in [-0.1, -0.05) is 18.2 Å². The number of nitrogens with zero attached hydrogens (tertiary/aromatic N) is 2. The van der Waals surface area contributed by atoms with Crippen LogP contribution in [0.2, 0.25) is 0 Å². The molecular weight excluding hydrogens is 407 g/mol. The van der Waals surface area contributed by atoms with Gasteiger partial charge >= 0.3 is 0 Å². The molecule has 134 valence electrons. The molecule has 1 amide bonds. The van der Waals surface area contributed by atoms with Crippen LogP contribution in [0, 0.1) is 27.8 Å². The molecule has 1 saturated carbocycles. The summed E-state index contributed by atoms with van der Waals surface area (Å²) in [5.74, 6) is -0.388. The number of amides is 1. The van der Waals surface area contributed by atoms with Crippen molar-refractivity contribution in [1.29, 1.82) is 0 Å². The highest BCUT2D eigenvalue weighted by atomic mass is 79.9. The van der Waals surface area contributed by atoms with E-state index in [-0.39, 0.29) is 33.9 Å². The van der Waals surface area contributed by atoms with Crippen molar-refractivity contribution in [2.45, 2.75) is 12.5 Å². The zero-order valence-corrected chi connectivity index (χ0v) is 15.3. The first-order valence-corrected chi connectivity index (χ1v) is 8.82. The summed E-state index contributed by atoms with van der Waals surface area (Å²) in [6.45, 7) is 0. The van der Waals surface area contributed by atoms with Crippen LogP contribution in [0.15, 0.2) is 40.9 Å². The molecule has 1 heterocycles. The Bertz CT molecular complexity index is 935. The number of anilines is 1. The smallest absolute Gasteiger partial charge is 0.295 e. The minimum absolute atomic E-state index is 0.0715. The third-order valence-corrected chi connectivity index (χ3v) is 5.62. The molecule has 8 heteroatoms. The zero-order chi connectivity index (χ0) is 18.6. The van der Waals surface area contributed by atoms with Crippen LogP contribution in [0.3, 0.4) is 0 Å². The van der Waals surface area contributed by atoms with Crippen molar-refractivity contribution in [1.82, 2.24) is 0 Å². The normalized spacial score (nSPS) is 23.7. The fourth-order valence-corrected chi connectivity index (χ4v) is 4.10. The number of hydrogen-bond donors (Lipinski definition) is 0. The van der Waals surface area contributed by atoms with Gasteiger partial charge < -0.3 is 4.74 Å². The molecule has 0 aromatic heterocycles. The van der Waals surface area contributed by atoms with Crippen LogP contribution < -0.4 is 9.64 Å². The Morgan fingerprint density at radius 1 is 1.35 bits per heavy atom. The van der Waals surface area contributed by atoms with E-state index in [0.717, 1.165) is 18.1 Å². The number of ether oxygens (including phenoxy) is 1. The Morgan fingerprint density at radius 3 is 2.77 bits per heavy atom. The largest absolute Gasteiger partial charge is 0.496 e. The van der Waals surface area contributed by atoms with Gasteiger partial charge in [-0.2, -0.15) is 0 Å². The van der Waals surface area contributed by atoms with Gasteiger partial charge in [-0.15, -0.1) is 0 Å². The highest BCUT2D eigenvalue weighted by molar-refractivity contribution is 9.10.